The predicted octanol–water partition coefficient (Wildman–Crippen LogP) is 2.73. The molecule has 0 radical (unpaired) electrons. The zero-order chi connectivity index (χ0) is 17.6. The van der Waals surface area contributed by atoms with Gasteiger partial charge in [0.1, 0.15) is 6.04 Å². The van der Waals surface area contributed by atoms with Crippen LogP contribution in [0.5, 0.6) is 0 Å². The summed E-state index contributed by atoms with van der Waals surface area (Å²) in [6, 6.07) is 15.6. The first-order valence-electron chi connectivity index (χ1n) is 8.55. The molecule has 1 saturated heterocycles. The Morgan fingerprint density at radius 2 is 1.84 bits per heavy atom. The Labute approximate surface area is 147 Å². The molecule has 130 valence electrons. The second-order valence-electron chi connectivity index (χ2n) is 6.28. The summed E-state index contributed by atoms with van der Waals surface area (Å²) in [7, 11) is 0. The van der Waals surface area contributed by atoms with Crippen molar-refractivity contribution in [2.24, 2.45) is 0 Å². The molecule has 0 bridgehead atoms. The fourth-order valence-electron chi connectivity index (χ4n) is 3.16. The highest BCUT2D eigenvalue weighted by molar-refractivity contribution is 6.05. The van der Waals surface area contributed by atoms with Gasteiger partial charge in [-0.3, -0.25) is 4.79 Å². The SMILES string of the molecule is O=C(O)C(Cc1ccccc1)Nc1ccccc1C(=O)C1CCCN1. The molecule has 3 N–H and O–H groups in total. The molecule has 0 saturated carbocycles. The van der Waals surface area contributed by atoms with E-state index in [0.29, 0.717) is 17.7 Å². The van der Waals surface area contributed by atoms with Gasteiger partial charge in [-0.1, -0.05) is 42.5 Å². The number of anilines is 1. The molecule has 5 nitrogen and oxygen atoms in total. The number of carboxylic acids is 1. The van der Waals surface area contributed by atoms with Gasteiger partial charge in [0.05, 0.1) is 6.04 Å². The van der Waals surface area contributed by atoms with E-state index in [0.717, 1.165) is 24.9 Å². The quantitative estimate of drug-likeness (QED) is 0.677. The molecule has 2 unspecified atom stereocenters. The van der Waals surface area contributed by atoms with E-state index in [1.165, 1.54) is 0 Å². The van der Waals surface area contributed by atoms with Gasteiger partial charge in [0.25, 0.3) is 0 Å². The van der Waals surface area contributed by atoms with Crippen LogP contribution >= 0.6 is 0 Å². The maximum Gasteiger partial charge on any atom is 0.326 e. The number of hydrogen-bond donors (Lipinski definition) is 3. The Morgan fingerprint density at radius 3 is 2.52 bits per heavy atom. The van der Waals surface area contributed by atoms with Gasteiger partial charge in [0, 0.05) is 17.7 Å². The van der Waals surface area contributed by atoms with Gasteiger partial charge in [-0.15, -0.1) is 0 Å². The fraction of sp³-hybridized carbons (Fsp3) is 0.300. The van der Waals surface area contributed by atoms with Crippen LogP contribution < -0.4 is 10.6 Å². The molecular formula is C20H22N2O3. The minimum atomic E-state index is -0.940. The van der Waals surface area contributed by atoms with Crippen molar-refractivity contribution >= 4 is 17.4 Å². The average molecular weight is 338 g/mol. The van der Waals surface area contributed by atoms with E-state index in [1.807, 2.05) is 36.4 Å². The fourth-order valence-corrected chi connectivity index (χ4v) is 3.16. The van der Waals surface area contributed by atoms with E-state index in [4.69, 9.17) is 0 Å². The van der Waals surface area contributed by atoms with Crippen LogP contribution in [0.25, 0.3) is 0 Å². The van der Waals surface area contributed by atoms with Crippen molar-refractivity contribution < 1.29 is 14.7 Å². The second-order valence-corrected chi connectivity index (χ2v) is 6.28. The number of benzene rings is 2. The summed E-state index contributed by atoms with van der Waals surface area (Å²) in [4.78, 5) is 24.4. The molecule has 2 aromatic rings. The number of para-hydroxylation sites is 1. The largest absolute Gasteiger partial charge is 0.480 e. The van der Waals surface area contributed by atoms with E-state index < -0.39 is 12.0 Å². The van der Waals surface area contributed by atoms with Crippen molar-refractivity contribution in [3.05, 3.63) is 65.7 Å². The normalized spacial score (nSPS) is 17.8. The highest BCUT2D eigenvalue weighted by Gasteiger charge is 2.26. The van der Waals surface area contributed by atoms with Crippen LogP contribution in [0.2, 0.25) is 0 Å². The smallest absolute Gasteiger partial charge is 0.326 e. The van der Waals surface area contributed by atoms with Crippen LogP contribution in [0.15, 0.2) is 54.6 Å². The average Bonchev–Trinajstić information content (AvgIpc) is 3.16. The zero-order valence-electron chi connectivity index (χ0n) is 13.9. The third kappa shape index (κ3) is 4.25. The molecule has 0 aromatic heterocycles. The monoisotopic (exact) mass is 338 g/mol. The molecule has 0 spiro atoms. The summed E-state index contributed by atoms with van der Waals surface area (Å²) in [5.41, 5.74) is 2.05. The first kappa shape index (κ1) is 17.2. The Kier molecular flexibility index (Phi) is 5.46. The number of carbonyl (C=O) groups is 2. The number of nitrogens with one attached hydrogen (secondary N) is 2. The highest BCUT2D eigenvalue weighted by atomic mass is 16.4. The molecule has 5 heteroatoms. The van der Waals surface area contributed by atoms with Crippen molar-refractivity contribution in [3.63, 3.8) is 0 Å². The van der Waals surface area contributed by atoms with Crippen LogP contribution in [0.4, 0.5) is 5.69 Å². The number of carboxylic acid groups (broad SMARTS) is 1. The Hall–Kier alpha value is -2.66. The lowest BCUT2D eigenvalue weighted by Crippen LogP contribution is -2.34. The highest BCUT2D eigenvalue weighted by Crippen LogP contribution is 2.21. The molecule has 0 amide bonds. The van der Waals surface area contributed by atoms with E-state index >= 15 is 0 Å². The van der Waals surface area contributed by atoms with Crippen LogP contribution in [0.1, 0.15) is 28.8 Å². The van der Waals surface area contributed by atoms with Crippen molar-refractivity contribution in [1.29, 1.82) is 0 Å². The lowest BCUT2D eigenvalue weighted by molar-refractivity contribution is -0.137. The van der Waals surface area contributed by atoms with Crippen molar-refractivity contribution in [3.8, 4) is 0 Å². The number of ketones is 1. The third-order valence-corrected chi connectivity index (χ3v) is 4.48. The van der Waals surface area contributed by atoms with Gasteiger partial charge in [-0.05, 0) is 37.1 Å². The molecule has 1 aliphatic rings. The van der Waals surface area contributed by atoms with E-state index in [9.17, 15) is 14.7 Å². The Balaban J connectivity index is 1.80. The van der Waals surface area contributed by atoms with E-state index in [1.54, 1.807) is 18.2 Å². The number of Topliss-reactive ketones (excluding diaryl/α,β-unsaturated/α-hetero) is 1. The van der Waals surface area contributed by atoms with E-state index in [2.05, 4.69) is 10.6 Å². The van der Waals surface area contributed by atoms with Crippen LogP contribution in [-0.4, -0.2) is 35.5 Å². The molecule has 25 heavy (non-hydrogen) atoms. The molecular weight excluding hydrogens is 316 g/mol. The number of aliphatic carboxylic acids is 1. The minimum absolute atomic E-state index is 0.0180. The summed E-state index contributed by atoms with van der Waals surface area (Å²) in [6.45, 7) is 0.845. The summed E-state index contributed by atoms with van der Waals surface area (Å²) in [5.74, 6) is -0.922. The molecule has 2 aromatic carbocycles. The second kappa shape index (κ2) is 7.94. The summed E-state index contributed by atoms with van der Waals surface area (Å²) in [5, 5.41) is 15.8. The maximum atomic E-state index is 12.7. The van der Waals surface area contributed by atoms with Crippen LogP contribution in [-0.2, 0) is 11.2 Å². The summed E-state index contributed by atoms with van der Waals surface area (Å²) < 4.78 is 0. The van der Waals surface area contributed by atoms with Gasteiger partial charge in [0.2, 0.25) is 0 Å². The third-order valence-electron chi connectivity index (χ3n) is 4.48. The van der Waals surface area contributed by atoms with Gasteiger partial charge < -0.3 is 15.7 Å². The number of carbonyl (C=O) groups excluding carboxylic acids is 1. The van der Waals surface area contributed by atoms with Gasteiger partial charge >= 0.3 is 5.97 Å². The molecule has 3 rings (SSSR count). The first-order valence-corrected chi connectivity index (χ1v) is 8.55. The summed E-state index contributed by atoms with van der Waals surface area (Å²) in [6.07, 6.45) is 2.15. The number of rotatable bonds is 7. The first-order chi connectivity index (χ1) is 12.1. The van der Waals surface area contributed by atoms with Crippen molar-refractivity contribution in [2.45, 2.75) is 31.3 Å². The topological polar surface area (TPSA) is 78.4 Å². The lowest BCUT2D eigenvalue weighted by atomic mass is 9.99. The molecule has 0 aliphatic carbocycles. The van der Waals surface area contributed by atoms with Gasteiger partial charge in [-0.25, -0.2) is 4.79 Å². The summed E-state index contributed by atoms with van der Waals surface area (Å²) >= 11 is 0. The molecule has 1 heterocycles. The predicted molar refractivity (Wildman–Crippen MR) is 97.0 cm³/mol. The Bertz CT molecular complexity index is 740. The zero-order valence-corrected chi connectivity index (χ0v) is 13.9. The standard InChI is InChI=1S/C20H22N2O3/c23-19(17-11-6-12-21-17)15-9-4-5-10-16(15)22-18(20(24)25)13-14-7-2-1-3-8-14/h1-5,7-10,17-18,21-22H,6,11-13H2,(H,24,25). The minimum Gasteiger partial charge on any atom is -0.480 e. The van der Waals surface area contributed by atoms with Crippen LogP contribution in [0.3, 0.4) is 0 Å². The van der Waals surface area contributed by atoms with E-state index in [-0.39, 0.29) is 11.8 Å². The van der Waals surface area contributed by atoms with Gasteiger partial charge in [0.15, 0.2) is 5.78 Å². The molecule has 1 aliphatic heterocycles. The lowest BCUT2D eigenvalue weighted by Gasteiger charge is -2.19. The van der Waals surface area contributed by atoms with Crippen molar-refractivity contribution in [1.82, 2.24) is 5.32 Å². The Morgan fingerprint density at radius 1 is 1.12 bits per heavy atom. The maximum absolute atomic E-state index is 12.7. The van der Waals surface area contributed by atoms with Crippen molar-refractivity contribution in [2.75, 3.05) is 11.9 Å². The van der Waals surface area contributed by atoms with Gasteiger partial charge in [-0.2, -0.15) is 0 Å². The number of hydrogen-bond acceptors (Lipinski definition) is 4. The molecule has 2 atom stereocenters. The molecule has 1 fully saturated rings. The van der Waals surface area contributed by atoms with Crippen LogP contribution in [0, 0.1) is 0 Å².